The maximum atomic E-state index is 12.8. The van der Waals surface area contributed by atoms with Crippen molar-refractivity contribution in [3.05, 3.63) is 89.0 Å². The van der Waals surface area contributed by atoms with Crippen LogP contribution in [-0.4, -0.2) is 52.3 Å². The predicted octanol–water partition coefficient (Wildman–Crippen LogP) is 4.96. The van der Waals surface area contributed by atoms with E-state index < -0.39 is 18.1 Å². The van der Waals surface area contributed by atoms with E-state index in [1.165, 1.54) is 16.7 Å². The number of fused-ring (bicyclic) bond motifs is 3. The lowest BCUT2D eigenvalue weighted by atomic mass is 9.98. The Morgan fingerprint density at radius 2 is 1.69 bits per heavy atom. The third-order valence-corrected chi connectivity index (χ3v) is 7.49. The van der Waals surface area contributed by atoms with Gasteiger partial charge in [-0.05, 0) is 52.9 Å². The number of hydrogen-bond donors (Lipinski definition) is 2. The first kappa shape index (κ1) is 23.0. The molecule has 35 heavy (non-hydrogen) atoms. The van der Waals surface area contributed by atoms with Crippen LogP contribution in [0.25, 0.3) is 11.1 Å². The number of aliphatic carboxylic acids is 1. The van der Waals surface area contributed by atoms with Gasteiger partial charge < -0.3 is 14.7 Å². The van der Waals surface area contributed by atoms with Crippen LogP contribution < -0.4 is 5.32 Å². The Bertz CT molecular complexity index is 1280. The van der Waals surface area contributed by atoms with Crippen LogP contribution in [0.2, 0.25) is 0 Å². The predicted molar refractivity (Wildman–Crippen MR) is 135 cm³/mol. The van der Waals surface area contributed by atoms with Gasteiger partial charge in [0, 0.05) is 22.9 Å². The SMILES string of the molecule is Cc1cc(C(=O)N2CSCC2C(=O)O)ccc1NC(=O)OCC1c2ccccc2-c2ccccc21. The topological polar surface area (TPSA) is 95.9 Å². The first-order valence-electron chi connectivity index (χ1n) is 11.3. The summed E-state index contributed by atoms with van der Waals surface area (Å²) >= 11 is 1.42. The summed E-state index contributed by atoms with van der Waals surface area (Å²) < 4.78 is 5.60. The van der Waals surface area contributed by atoms with E-state index in [1.54, 1.807) is 25.1 Å². The lowest BCUT2D eigenvalue weighted by Crippen LogP contribution is -2.41. The second-order valence-electron chi connectivity index (χ2n) is 8.61. The third kappa shape index (κ3) is 4.37. The summed E-state index contributed by atoms with van der Waals surface area (Å²) in [5, 5.41) is 12.1. The Hall–Kier alpha value is -3.78. The Kier molecular flexibility index (Phi) is 6.21. The fourth-order valence-electron chi connectivity index (χ4n) is 4.69. The van der Waals surface area contributed by atoms with Gasteiger partial charge >= 0.3 is 12.1 Å². The highest BCUT2D eigenvalue weighted by molar-refractivity contribution is 7.99. The molecule has 3 aromatic carbocycles. The Morgan fingerprint density at radius 3 is 2.31 bits per heavy atom. The van der Waals surface area contributed by atoms with Gasteiger partial charge in [0.15, 0.2) is 0 Å². The molecular weight excluding hydrogens is 464 g/mol. The molecule has 8 heteroatoms. The number of hydrogen-bond acceptors (Lipinski definition) is 5. The number of carboxylic acid groups (broad SMARTS) is 1. The van der Waals surface area contributed by atoms with Crippen molar-refractivity contribution in [3.63, 3.8) is 0 Å². The van der Waals surface area contributed by atoms with Crippen LogP contribution in [0, 0.1) is 6.92 Å². The molecule has 1 saturated heterocycles. The minimum Gasteiger partial charge on any atom is -0.480 e. The number of carboxylic acids is 1. The largest absolute Gasteiger partial charge is 0.480 e. The summed E-state index contributed by atoms with van der Waals surface area (Å²) in [6.07, 6.45) is -0.573. The fraction of sp³-hybridized carbons (Fsp3) is 0.222. The number of carbonyl (C=O) groups excluding carboxylic acids is 2. The van der Waals surface area contributed by atoms with Gasteiger partial charge in [-0.25, -0.2) is 9.59 Å². The zero-order chi connectivity index (χ0) is 24.5. The molecule has 1 heterocycles. The number of carbonyl (C=O) groups is 3. The maximum Gasteiger partial charge on any atom is 0.411 e. The summed E-state index contributed by atoms with van der Waals surface area (Å²) in [7, 11) is 0. The number of aryl methyl sites for hydroxylation is 1. The van der Waals surface area contributed by atoms with Crippen LogP contribution in [0.3, 0.4) is 0 Å². The highest BCUT2D eigenvalue weighted by atomic mass is 32.2. The van der Waals surface area contributed by atoms with E-state index in [4.69, 9.17) is 4.74 Å². The molecule has 5 rings (SSSR count). The zero-order valence-electron chi connectivity index (χ0n) is 19.1. The van der Waals surface area contributed by atoms with Crippen LogP contribution in [0.5, 0.6) is 0 Å². The molecule has 1 aliphatic carbocycles. The molecule has 2 aliphatic rings. The van der Waals surface area contributed by atoms with E-state index in [2.05, 4.69) is 29.6 Å². The van der Waals surface area contributed by atoms with Crippen molar-refractivity contribution in [1.29, 1.82) is 0 Å². The van der Waals surface area contributed by atoms with Crippen LogP contribution in [0.15, 0.2) is 66.7 Å². The molecule has 0 saturated carbocycles. The number of benzene rings is 3. The molecule has 0 aromatic heterocycles. The fourth-order valence-corrected chi connectivity index (χ4v) is 5.84. The minimum absolute atomic E-state index is 0.0326. The van der Waals surface area contributed by atoms with E-state index in [-0.39, 0.29) is 18.4 Å². The molecule has 0 radical (unpaired) electrons. The van der Waals surface area contributed by atoms with Gasteiger partial charge in [-0.2, -0.15) is 0 Å². The second kappa shape index (κ2) is 9.46. The molecule has 1 atom stereocenters. The van der Waals surface area contributed by atoms with Gasteiger partial charge in [0.1, 0.15) is 12.6 Å². The van der Waals surface area contributed by atoms with Crippen molar-refractivity contribution in [3.8, 4) is 11.1 Å². The zero-order valence-corrected chi connectivity index (χ0v) is 19.9. The average Bonchev–Trinajstić information content (AvgIpc) is 3.47. The molecule has 1 fully saturated rings. The first-order valence-corrected chi connectivity index (χ1v) is 12.4. The van der Waals surface area contributed by atoms with Crippen molar-refractivity contribution in [2.24, 2.45) is 0 Å². The van der Waals surface area contributed by atoms with Gasteiger partial charge in [0.25, 0.3) is 5.91 Å². The van der Waals surface area contributed by atoms with Gasteiger partial charge in [0.05, 0.1) is 5.88 Å². The Morgan fingerprint density at radius 1 is 1.03 bits per heavy atom. The normalized spacial score (nSPS) is 16.5. The number of ether oxygens (including phenoxy) is 1. The van der Waals surface area contributed by atoms with E-state index in [1.807, 2.05) is 24.3 Å². The number of anilines is 1. The second-order valence-corrected chi connectivity index (χ2v) is 9.61. The van der Waals surface area contributed by atoms with Gasteiger partial charge in [-0.15, -0.1) is 11.8 Å². The van der Waals surface area contributed by atoms with Crippen LogP contribution in [0.1, 0.15) is 33.0 Å². The van der Waals surface area contributed by atoms with Crippen molar-refractivity contribution in [1.82, 2.24) is 4.90 Å². The van der Waals surface area contributed by atoms with Crippen molar-refractivity contribution >= 4 is 35.4 Å². The molecule has 1 unspecified atom stereocenters. The number of nitrogens with one attached hydrogen (secondary N) is 1. The molecule has 178 valence electrons. The van der Waals surface area contributed by atoms with E-state index in [0.29, 0.717) is 28.4 Å². The highest BCUT2D eigenvalue weighted by Gasteiger charge is 2.35. The summed E-state index contributed by atoms with van der Waals surface area (Å²) in [5.41, 5.74) is 6.20. The molecule has 0 bridgehead atoms. The maximum absolute atomic E-state index is 12.8. The van der Waals surface area contributed by atoms with Crippen LogP contribution in [-0.2, 0) is 9.53 Å². The van der Waals surface area contributed by atoms with E-state index in [9.17, 15) is 19.5 Å². The number of thioether (sulfide) groups is 1. The van der Waals surface area contributed by atoms with Crippen LogP contribution >= 0.6 is 11.8 Å². The molecule has 7 nitrogen and oxygen atoms in total. The molecular formula is C27H24N2O5S. The molecule has 2 N–H and O–H groups in total. The van der Waals surface area contributed by atoms with Gasteiger partial charge in [-0.1, -0.05) is 48.5 Å². The van der Waals surface area contributed by atoms with E-state index in [0.717, 1.165) is 22.3 Å². The molecule has 0 spiro atoms. The Labute approximate surface area is 207 Å². The molecule has 3 aromatic rings. The first-order chi connectivity index (χ1) is 16.9. The van der Waals surface area contributed by atoms with Crippen molar-refractivity contribution in [2.45, 2.75) is 18.9 Å². The summed E-state index contributed by atoms with van der Waals surface area (Å²) in [5.74, 6) is -0.655. The average molecular weight is 489 g/mol. The minimum atomic E-state index is -1.01. The third-order valence-electron chi connectivity index (χ3n) is 6.48. The summed E-state index contributed by atoms with van der Waals surface area (Å²) in [6.45, 7) is 1.99. The number of rotatable bonds is 5. The monoisotopic (exact) mass is 488 g/mol. The number of nitrogens with zero attached hydrogens (tertiary/aromatic N) is 1. The van der Waals surface area contributed by atoms with Gasteiger partial charge in [0.2, 0.25) is 0 Å². The van der Waals surface area contributed by atoms with E-state index >= 15 is 0 Å². The summed E-state index contributed by atoms with van der Waals surface area (Å²) in [4.78, 5) is 38.2. The standard InChI is InChI=1S/C27H24N2O5S/c1-16-12-17(25(30)29-15-35-14-24(29)26(31)32)10-11-23(16)28-27(33)34-13-22-20-8-4-2-6-18(20)19-7-3-5-9-21(19)22/h2-12,22,24H,13-15H2,1H3,(H,28,33)(H,31,32). The lowest BCUT2D eigenvalue weighted by molar-refractivity contribution is -0.140. The molecule has 2 amide bonds. The lowest BCUT2D eigenvalue weighted by Gasteiger charge is -2.21. The smallest absolute Gasteiger partial charge is 0.411 e. The van der Waals surface area contributed by atoms with Crippen molar-refractivity contribution < 1.29 is 24.2 Å². The van der Waals surface area contributed by atoms with Crippen LogP contribution in [0.4, 0.5) is 10.5 Å². The summed E-state index contributed by atoms with van der Waals surface area (Å²) in [6, 6.07) is 20.4. The van der Waals surface area contributed by atoms with Gasteiger partial charge in [-0.3, -0.25) is 10.1 Å². The molecule has 1 aliphatic heterocycles. The highest BCUT2D eigenvalue weighted by Crippen LogP contribution is 2.44. The van der Waals surface area contributed by atoms with Crippen molar-refractivity contribution in [2.75, 3.05) is 23.6 Å². The quantitative estimate of drug-likeness (QED) is 0.527. The number of amides is 2. The Balaban J connectivity index is 1.25.